The van der Waals surface area contributed by atoms with Gasteiger partial charge < -0.3 is 19.0 Å². The Morgan fingerprint density at radius 3 is 2.31 bits per heavy atom. The SMILES string of the molecule is C=C[Si](OC)(OC)OCCCCN. The summed E-state index contributed by atoms with van der Waals surface area (Å²) in [7, 11) is 0.595. The third kappa shape index (κ3) is 4.54. The Labute approximate surface area is 81.0 Å². The molecule has 0 aromatic rings. The first-order chi connectivity index (χ1) is 6.24. The van der Waals surface area contributed by atoms with Crippen molar-refractivity contribution in [2.75, 3.05) is 27.4 Å². The first-order valence-electron chi connectivity index (χ1n) is 4.32. The van der Waals surface area contributed by atoms with Crippen LogP contribution in [0.2, 0.25) is 0 Å². The molecule has 2 N–H and O–H groups in total. The van der Waals surface area contributed by atoms with E-state index in [0.29, 0.717) is 13.2 Å². The van der Waals surface area contributed by atoms with Crippen molar-refractivity contribution in [3.63, 3.8) is 0 Å². The molecule has 0 aliphatic rings. The van der Waals surface area contributed by atoms with Gasteiger partial charge in [-0.3, -0.25) is 0 Å². The van der Waals surface area contributed by atoms with E-state index in [0.717, 1.165) is 12.8 Å². The van der Waals surface area contributed by atoms with Gasteiger partial charge in [0.2, 0.25) is 0 Å². The van der Waals surface area contributed by atoms with Gasteiger partial charge in [0, 0.05) is 20.8 Å². The smallest absolute Gasteiger partial charge is 0.374 e. The zero-order chi connectivity index (χ0) is 10.2. The molecule has 0 aliphatic carbocycles. The highest BCUT2D eigenvalue weighted by Crippen LogP contribution is 2.08. The summed E-state index contributed by atoms with van der Waals surface area (Å²) in [6, 6.07) is 0. The van der Waals surface area contributed by atoms with Gasteiger partial charge in [-0.25, -0.2) is 0 Å². The predicted molar refractivity (Wildman–Crippen MR) is 54.2 cm³/mol. The predicted octanol–water partition coefficient (Wildman–Crippen LogP) is 0.699. The van der Waals surface area contributed by atoms with E-state index >= 15 is 0 Å². The van der Waals surface area contributed by atoms with Crippen LogP contribution < -0.4 is 5.73 Å². The minimum absolute atomic E-state index is 0.608. The van der Waals surface area contributed by atoms with Gasteiger partial charge in [-0.05, 0) is 25.1 Å². The Morgan fingerprint density at radius 1 is 1.31 bits per heavy atom. The van der Waals surface area contributed by atoms with Crippen LogP contribution in [0.3, 0.4) is 0 Å². The first kappa shape index (κ1) is 12.8. The van der Waals surface area contributed by atoms with E-state index in [9.17, 15) is 0 Å². The zero-order valence-corrected chi connectivity index (χ0v) is 9.41. The highest BCUT2D eigenvalue weighted by Gasteiger charge is 2.34. The molecule has 0 aromatic heterocycles. The van der Waals surface area contributed by atoms with Crippen LogP contribution in [0.4, 0.5) is 0 Å². The number of rotatable bonds is 8. The van der Waals surface area contributed by atoms with Gasteiger partial charge >= 0.3 is 8.80 Å². The second-order valence-electron chi connectivity index (χ2n) is 2.56. The van der Waals surface area contributed by atoms with Gasteiger partial charge in [0.15, 0.2) is 0 Å². The maximum absolute atomic E-state index is 5.50. The Balaban J connectivity index is 3.75. The molecule has 0 aliphatic heterocycles. The standard InChI is InChI=1S/C8H19NO3Si/c1-4-13(10-2,11-3)12-8-6-5-7-9/h4H,1,5-9H2,2-3H3. The molecule has 0 amide bonds. The van der Waals surface area contributed by atoms with Crippen LogP contribution in [0.5, 0.6) is 0 Å². The average molecular weight is 205 g/mol. The summed E-state index contributed by atoms with van der Waals surface area (Å²) in [5, 5.41) is 0. The van der Waals surface area contributed by atoms with Crippen LogP contribution in [0.15, 0.2) is 12.3 Å². The van der Waals surface area contributed by atoms with Gasteiger partial charge in [0.25, 0.3) is 0 Å². The number of hydrogen-bond acceptors (Lipinski definition) is 4. The molecule has 0 heterocycles. The molecular weight excluding hydrogens is 186 g/mol. The fraction of sp³-hybridized carbons (Fsp3) is 0.750. The van der Waals surface area contributed by atoms with Crippen molar-refractivity contribution in [3.05, 3.63) is 12.3 Å². The second kappa shape index (κ2) is 7.22. The maximum atomic E-state index is 5.50. The average Bonchev–Trinajstić information content (AvgIpc) is 2.20. The summed E-state index contributed by atoms with van der Waals surface area (Å²) in [4.78, 5) is 0. The highest BCUT2D eigenvalue weighted by molar-refractivity contribution is 6.66. The zero-order valence-electron chi connectivity index (χ0n) is 8.41. The van der Waals surface area contributed by atoms with Gasteiger partial charge in [-0.1, -0.05) is 6.58 Å². The molecule has 5 heteroatoms. The van der Waals surface area contributed by atoms with Crippen LogP contribution in [-0.4, -0.2) is 36.2 Å². The number of unbranched alkanes of at least 4 members (excludes halogenated alkanes) is 1. The first-order valence-corrected chi connectivity index (χ1v) is 6.12. The van der Waals surface area contributed by atoms with Crippen molar-refractivity contribution in [3.8, 4) is 0 Å². The fourth-order valence-corrected chi connectivity index (χ4v) is 2.17. The summed E-state index contributed by atoms with van der Waals surface area (Å²) in [5.74, 6) is 0. The lowest BCUT2D eigenvalue weighted by Crippen LogP contribution is -2.42. The molecule has 78 valence electrons. The molecule has 0 radical (unpaired) electrons. The van der Waals surface area contributed by atoms with Crippen LogP contribution in [-0.2, 0) is 13.3 Å². The molecule has 0 spiro atoms. The van der Waals surface area contributed by atoms with Crippen molar-refractivity contribution < 1.29 is 13.3 Å². The van der Waals surface area contributed by atoms with Crippen molar-refractivity contribution >= 4 is 8.80 Å². The molecule has 4 nitrogen and oxygen atoms in total. The molecule has 13 heavy (non-hydrogen) atoms. The summed E-state index contributed by atoms with van der Waals surface area (Å²) in [6.45, 7) is 4.93. The Morgan fingerprint density at radius 2 is 1.92 bits per heavy atom. The van der Waals surface area contributed by atoms with E-state index in [1.165, 1.54) is 0 Å². The van der Waals surface area contributed by atoms with Gasteiger partial charge in [-0.15, -0.1) is 0 Å². The molecule has 0 unspecified atom stereocenters. The quantitative estimate of drug-likeness (QED) is 0.468. The summed E-state index contributed by atoms with van der Waals surface area (Å²) in [5.41, 5.74) is 6.97. The van der Waals surface area contributed by atoms with Crippen molar-refractivity contribution in [1.82, 2.24) is 0 Å². The largest absolute Gasteiger partial charge is 0.528 e. The fourth-order valence-electron chi connectivity index (χ4n) is 0.888. The Hall–Kier alpha value is -0.203. The van der Waals surface area contributed by atoms with Gasteiger partial charge in [-0.2, -0.15) is 0 Å². The molecule has 0 atom stereocenters. The monoisotopic (exact) mass is 205 g/mol. The second-order valence-corrected chi connectivity index (χ2v) is 5.28. The van der Waals surface area contributed by atoms with Crippen LogP contribution in [0, 0.1) is 0 Å². The van der Waals surface area contributed by atoms with Gasteiger partial charge in [0.1, 0.15) is 0 Å². The topological polar surface area (TPSA) is 53.7 Å². The molecule has 0 saturated heterocycles. The van der Waals surface area contributed by atoms with E-state index in [2.05, 4.69) is 6.58 Å². The van der Waals surface area contributed by atoms with Crippen molar-refractivity contribution in [2.24, 2.45) is 5.73 Å². The minimum atomic E-state index is -2.54. The summed E-state index contributed by atoms with van der Waals surface area (Å²) >= 11 is 0. The van der Waals surface area contributed by atoms with E-state index in [-0.39, 0.29) is 0 Å². The Bertz CT molecular complexity index is 139. The summed E-state index contributed by atoms with van der Waals surface area (Å²) in [6.07, 6.45) is 1.88. The third-order valence-corrected chi connectivity index (χ3v) is 3.97. The maximum Gasteiger partial charge on any atom is 0.528 e. The molecule has 0 aromatic carbocycles. The van der Waals surface area contributed by atoms with Crippen molar-refractivity contribution in [2.45, 2.75) is 12.8 Å². The Kier molecular flexibility index (Phi) is 7.11. The third-order valence-electron chi connectivity index (χ3n) is 1.72. The molecular formula is C8H19NO3Si. The summed E-state index contributed by atoms with van der Waals surface area (Å²) < 4.78 is 15.8. The number of hydrogen-bond donors (Lipinski definition) is 1. The molecule has 0 fully saturated rings. The minimum Gasteiger partial charge on any atom is -0.374 e. The highest BCUT2D eigenvalue weighted by atomic mass is 28.4. The van der Waals surface area contributed by atoms with Gasteiger partial charge in [0.05, 0.1) is 0 Å². The van der Waals surface area contributed by atoms with E-state index in [1.807, 2.05) is 0 Å². The van der Waals surface area contributed by atoms with Crippen LogP contribution in [0.1, 0.15) is 12.8 Å². The van der Waals surface area contributed by atoms with E-state index in [1.54, 1.807) is 19.9 Å². The lowest BCUT2D eigenvalue weighted by Gasteiger charge is -2.22. The van der Waals surface area contributed by atoms with Crippen LogP contribution in [0.25, 0.3) is 0 Å². The molecule has 0 bridgehead atoms. The van der Waals surface area contributed by atoms with E-state index < -0.39 is 8.80 Å². The van der Waals surface area contributed by atoms with Crippen molar-refractivity contribution in [1.29, 1.82) is 0 Å². The lowest BCUT2D eigenvalue weighted by atomic mass is 10.3. The van der Waals surface area contributed by atoms with Crippen LogP contribution >= 0.6 is 0 Å². The lowest BCUT2D eigenvalue weighted by molar-refractivity contribution is 0.110. The normalized spacial score (nSPS) is 11.6. The molecule has 0 saturated carbocycles. The molecule has 0 rings (SSSR count). The number of nitrogens with two attached hydrogens (primary N) is 1. The van der Waals surface area contributed by atoms with E-state index in [4.69, 9.17) is 19.0 Å².